The minimum Gasteiger partial charge on any atom is -0.334 e. The number of halogens is 1. The number of para-hydroxylation sites is 1. The number of benzene rings is 1. The minimum atomic E-state index is -4.92. The first-order chi connectivity index (χ1) is 8.88. The number of anilines is 1. The summed E-state index contributed by atoms with van der Waals surface area (Å²) in [7, 11) is -4.92. The Morgan fingerprint density at radius 2 is 2.11 bits per heavy atom. The van der Waals surface area contributed by atoms with Crippen LogP contribution in [0.15, 0.2) is 29.2 Å². The second-order valence-electron chi connectivity index (χ2n) is 3.72. The molecule has 0 radical (unpaired) electrons. The lowest BCUT2D eigenvalue weighted by Gasteiger charge is -2.11. The van der Waals surface area contributed by atoms with Gasteiger partial charge in [-0.05, 0) is 12.1 Å². The van der Waals surface area contributed by atoms with Crippen LogP contribution in [0.4, 0.5) is 14.4 Å². The Labute approximate surface area is 113 Å². The van der Waals surface area contributed by atoms with E-state index in [-0.39, 0.29) is 16.7 Å². The normalized spacial score (nSPS) is 19.0. The van der Waals surface area contributed by atoms with Crippen molar-refractivity contribution in [3.05, 3.63) is 24.3 Å². The first-order valence-corrected chi connectivity index (χ1v) is 7.52. The Morgan fingerprint density at radius 3 is 2.68 bits per heavy atom. The van der Waals surface area contributed by atoms with Crippen molar-refractivity contribution in [3.63, 3.8) is 0 Å². The fraction of sp³-hybridized carbons (Fsp3) is 0.200. The molecule has 1 fully saturated rings. The van der Waals surface area contributed by atoms with Crippen LogP contribution in [0.5, 0.6) is 0 Å². The van der Waals surface area contributed by atoms with E-state index in [0.29, 0.717) is 0 Å². The number of hydrogen-bond donors (Lipinski definition) is 2. The third kappa shape index (κ3) is 3.24. The number of nitrogens with one attached hydrogen (secondary N) is 2. The van der Waals surface area contributed by atoms with Crippen LogP contribution in [0.2, 0.25) is 0 Å². The predicted octanol–water partition coefficient (Wildman–Crippen LogP) is 1.11. The molecule has 1 aromatic rings. The molecule has 1 saturated heterocycles. The fourth-order valence-corrected chi connectivity index (χ4v) is 2.93. The van der Waals surface area contributed by atoms with E-state index in [1.807, 2.05) is 0 Å². The molecule has 1 unspecified atom stereocenters. The predicted molar refractivity (Wildman–Crippen MR) is 68.1 cm³/mol. The number of rotatable bonds is 3. The number of thioether (sulfide) groups is 1. The van der Waals surface area contributed by atoms with Gasteiger partial charge in [0.25, 0.3) is 5.24 Å². The highest BCUT2D eigenvalue weighted by atomic mass is 32.3. The van der Waals surface area contributed by atoms with Crippen molar-refractivity contribution in [1.82, 2.24) is 5.32 Å². The third-order valence-electron chi connectivity index (χ3n) is 2.40. The van der Waals surface area contributed by atoms with Gasteiger partial charge < -0.3 is 10.6 Å². The van der Waals surface area contributed by atoms with Gasteiger partial charge in [0.2, 0.25) is 5.91 Å². The average molecular weight is 304 g/mol. The first kappa shape index (κ1) is 13.8. The van der Waals surface area contributed by atoms with Crippen molar-refractivity contribution in [1.29, 1.82) is 0 Å². The quantitative estimate of drug-likeness (QED) is 0.816. The average Bonchev–Trinajstić information content (AvgIpc) is 2.75. The summed E-state index contributed by atoms with van der Waals surface area (Å²) in [5.41, 5.74) is -0.152. The molecule has 2 rings (SSSR count). The van der Waals surface area contributed by atoms with Crippen molar-refractivity contribution >= 4 is 38.8 Å². The second kappa shape index (κ2) is 5.17. The molecule has 19 heavy (non-hydrogen) atoms. The monoisotopic (exact) mass is 304 g/mol. The van der Waals surface area contributed by atoms with Gasteiger partial charge in [0.05, 0.1) is 5.69 Å². The topological polar surface area (TPSA) is 92.3 Å². The van der Waals surface area contributed by atoms with E-state index < -0.39 is 27.1 Å². The van der Waals surface area contributed by atoms with E-state index in [0.717, 1.165) is 17.8 Å². The molecule has 1 aromatic carbocycles. The maximum Gasteiger partial charge on any atom is 0.334 e. The van der Waals surface area contributed by atoms with Crippen LogP contribution in [0.25, 0.3) is 0 Å². The Kier molecular flexibility index (Phi) is 3.76. The summed E-state index contributed by atoms with van der Waals surface area (Å²) in [6.45, 7) is 0. The van der Waals surface area contributed by atoms with Crippen LogP contribution in [0.1, 0.15) is 0 Å². The molecule has 9 heteroatoms. The summed E-state index contributed by atoms with van der Waals surface area (Å²) in [4.78, 5) is 22.1. The molecule has 0 bridgehead atoms. The SMILES string of the molecule is O=C1NC(C(=O)Nc2ccccc2S(=O)(=O)F)CS1. The second-order valence-corrected chi connectivity index (χ2v) is 6.03. The third-order valence-corrected chi connectivity index (χ3v) is 4.16. The zero-order valence-electron chi connectivity index (χ0n) is 9.42. The molecule has 1 atom stereocenters. The van der Waals surface area contributed by atoms with Gasteiger partial charge in [0.15, 0.2) is 0 Å². The molecule has 1 heterocycles. The van der Waals surface area contributed by atoms with Crippen LogP contribution >= 0.6 is 11.8 Å². The Bertz CT molecular complexity index is 632. The summed E-state index contributed by atoms with van der Waals surface area (Å²) < 4.78 is 34.9. The van der Waals surface area contributed by atoms with Gasteiger partial charge in [-0.1, -0.05) is 23.9 Å². The molecule has 2 N–H and O–H groups in total. The molecule has 1 aliphatic rings. The highest BCUT2D eigenvalue weighted by Gasteiger charge is 2.29. The van der Waals surface area contributed by atoms with Gasteiger partial charge in [-0.3, -0.25) is 9.59 Å². The lowest BCUT2D eigenvalue weighted by atomic mass is 10.2. The van der Waals surface area contributed by atoms with E-state index in [1.165, 1.54) is 18.2 Å². The Morgan fingerprint density at radius 1 is 1.42 bits per heavy atom. The molecule has 0 spiro atoms. The molecule has 1 aliphatic heterocycles. The molecular formula is C10H9FN2O4S2. The van der Waals surface area contributed by atoms with Crippen molar-refractivity contribution < 1.29 is 21.9 Å². The Balaban J connectivity index is 2.20. The zero-order chi connectivity index (χ0) is 14.0. The minimum absolute atomic E-state index is 0.152. The van der Waals surface area contributed by atoms with Crippen molar-refractivity contribution in [2.45, 2.75) is 10.9 Å². The van der Waals surface area contributed by atoms with E-state index in [4.69, 9.17) is 0 Å². The van der Waals surface area contributed by atoms with Crippen LogP contribution in [-0.4, -0.2) is 31.4 Å². The largest absolute Gasteiger partial charge is 0.334 e. The molecular weight excluding hydrogens is 295 g/mol. The van der Waals surface area contributed by atoms with Crippen molar-refractivity contribution in [2.75, 3.05) is 11.1 Å². The van der Waals surface area contributed by atoms with Crippen molar-refractivity contribution in [2.24, 2.45) is 0 Å². The lowest BCUT2D eigenvalue weighted by molar-refractivity contribution is -0.117. The molecule has 0 aliphatic carbocycles. The smallest absolute Gasteiger partial charge is 0.334 e. The molecule has 6 nitrogen and oxygen atoms in total. The fourth-order valence-electron chi connectivity index (χ4n) is 1.53. The van der Waals surface area contributed by atoms with Crippen LogP contribution in [0.3, 0.4) is 0 Å². The van der Waals surface area contributed by atoms with E-state index in [2.05, 4.69) is 10.6 Å². The highest BCUT2D eigenvalue weighted by molar-refractivity contribution is 8.14. The van der Waals surface area contributed by atoms with Crippen LogP contribution in [0, 0.1) is 0 Å². The molecule has 0 saturated carbocycles. The molecule has 2 amide bonds. The number of amides is 2. The highest BCUT2D eigenvalue weighted by Crippen LogP contribution is 2.23. The van der Waals surface area contributed by atoms with Gasteiger partial charge in [0.1, 0.15) is 10.9 Å². The maximum atomic E-state index is 13.0. The summed E-state index contributed by atoms with van der Waals surface area (Å²) in [5.74, 6) is -0.343. The number of hydrogen-bond acceptors (Lipinski definition) is 5. The summed E-state index contributed by atoms with van der Waals surface area (Å²) in [6, 6.07) is 4.37. The molecule has 0 aromatic heterocycles. The van der Waals surface area contributed by atoms with Gasteiger partial charge in [0, 0.05) is 5.75 Å². The van der Waals surface area contributed by atoms with Gasteiger partial charge in [-0.2, -0.15) is 8.42 Å². The van der Waals surface area contributed by atoms with E-state index in [9.17, 15) is 21.9 Å². The zero-order valence-corrected chi connectivity index (χ0v) is 11.1. The maximum absolute atomic E-state index is 13.0. The number of carbonyl (C=O) groups is 2. The van der Waals surface area contributed by atoms with Gasteiger partial charge in [-0.15, -0.1) is 3.89 Å². The standard InChI is InChI=1S/C10H9FN2O4S2/c11-19(16,17)8-4-2-1-3-6(8)12-9(14)7-5-18-10(15)13-7/h1-4,7H,5H2,(H,12,14)(H,13,15). The van der Waals surface area contributed by atoms with Gasteiger partial charge in [-0.25, -0.2) is 0 Å². The first-order valence-electron chi connectivity index (χ1n) is 5.16. The summed E-state index contributed by atoms with van der Waals surface area (Å²) in [5, 5.41) is 4.37. The lowest BCUT2D eigenvalue weighted by Crippen LogP contribution is -2.38. The Hall–Kier alpha value is -1.61. The van der Waals surface area contributed by atoms with Gasteiger partial charge >= 0.3 is 10.2 Å². The van der Waals surface area contributed by atoms with E-state index >= 15 is 0 Å². The van der Waals surface area contributed by atoms with Crippen LogP contribution in [-0.2, 0) is 15.0 Å². The summed E-state index contributed by atoms with van der Waals surface area (Å²) in [6.07, 6.45) is 0. The summed E-state index contributed by atoms with van der Waals surface area (Å²) >= 11 is 0.951. The number of carbonyl (C=O) groups excluding carboxylic acids is 2. The molecule has 102 valence electrons. The van der Waals surface area contributed by atoms with Crippen molar-refractivity contribution in [3.8, 4) is 0 Å². The van der Waals surface area contributed by atoms with Crippen LogP contribution < -0.4 is 10.6 Å². The van der Waals surface area contributed by atoms with E-state index in [1.54, 1.807) is 0 Å².